The van der Waals surface area contributed by atoms with Crippen LogP contribution in [-0.4, -0.2) is 8.42 Å². The molecule has 0 amide bonds. The van der Waals surface area contributed by atoms with Crippen molar-refractivity contribution in [2.75, 3.05) is 0 Å². The summed E-state index contributed by atoms with van der Waals surface area (Å²) in [6, 6.07) is 7.57. The first-order valence-electron chi connectivity index (χ1n) is 5.24. The largest absolute Gasteiger partial charge is 0.228 e. The molecule has 0 saturated carbocycles. The van der Waals surface area contributed by atoms with Gasteiger partial charge in [-0.2, -0.15) is 0 Å². The molecule has 0 fully saturated rings. The van der Waals surface area contributed by atoms with Gasteiger partial charge in [0.05, 0.1) is 5.25 Å². The number of primary sulfonamides is 1. The molecule has 0 saturated heterocycles. The fraction of sp³-hybridized carbons (Fsp3) is 0.500. The van der Waals surface area contributed by atoms with Crippen molar-refractivity contribution in [2.45, 2.75) is 38.4 Å². The lowest BCUT2D eigenvalue weighted by Gasteiger charge is -2.19. The van der Waals surface area contributed by atoms with Gasteiger partial charge in [-0.3, -0.25) is 0 Å². The summed E-state index contributed by atoms with van der Waals surface area (Å²) in [6.07, 6.45) is 0. The second-order valence-electron chi connectivity index (χ2n) is 5.10. The third kappa shape index (κ3) is 3.06. The zero-order chi connectivity index (χ0) is 12.6. The second-order valence-corrected chi connectivity index (χ2v) is 6.99. The van der Waals surface area contributed by atoms with Gasteiger partial charge in [0.1, 0.15) is 0 Å². The Morgan fingerprint density at radius 1 is 1.12 bits per heavy atom. The van der Waals surface area contributed by atoms with Crippen LogP contribution >= 0.6 is 0 Å². The molecule has 0 aliphatic rings. The van der Waals surface area contributed by atoms with Gasteiger partial charge in [0.2, 0.25) is 10.0 Å². The molecule has 4 heteroatoms. The summed E-state index contributed by atoms with van der Waals surface area (Å²) in [7, 11) is -3.50. The second kappa shape index (κ2) is 4.18. The summed E-state index contributed by atoms with van der Waals surface area (Å²) < 4.78 is 22.4. The van der Waals surface area contributed by atoms with Gasteiger partial charge in [-0.25, -0.2) is 13.6 Å². The molecule has 1 aromatic rings. The fourth-order valence-corrected chi connectivity index (χ4v) is 1.98. The SMILES string of the molecule is CC(c1ccc(C(C)(C)C)cc1)S(N)(=O)=O. The molecule has 0 radical (unpaired) electrons. The van der Waals surface area contributed by atoms with E-state index in [0.717, 1.165) is 5.56 Å². The Hall–Kier alpha value is -0.870. The molecule has 1 rings (SSSR count). The summed E-state index contributed by atoms with van der Waals surface area (Å²) in [6.45, 7) is 7.95. The third-order valence-electron chi connectivity index (χ3n) is 2.74. The van der Waals surface area contributed by atoms with E-state index in [4.69, 9.17) is 5.14 Å². The Morgan fingerprint density at radius 3 is 1.88 bits per heavy atom. The average molecular weight is 241 g/mol. The van der Waals surface area contributed by atoms with E-state index in [9.17, 15) is 8.42 Å². The molecule has 0 aromatic heterocycles. The highest BCUT2D eigenvalue weighted by molar-refractivity contribution is 7.89. The lowest BCUT2D eigenvalue weighted by molar-refractivity contribution is 0.586. The first kappa shape index (κ1) is 13.2. The van der Waals surface area contributed by atoms with E-state index in [2.05, 4.69) is 20.8 Å². The highest BCUT2D eigenvalue weighted by atomic mass is 32.2. The first-order chi connectivity index (χ1) is 7.12. The molecule has 0 aliphatic heterocycles. The van der Waals surface area contributed by atoms with Crippen LogP contribution in [0.1, 0.15) is 44.1 Å². The molecule has 1 unspecified atom stereocenters. The van der Waals surface area contributed by atoms with Crippen molar-refractivity contribution < 1.29 is 8.42 Å². The minimum absolute atomic E-state index is 0.0728. The van der Waals surface area contributed by atoms with E-state index in [-0.39, 0.29) is 5.41 Å². The summed E-state index contributed by atoms with van der Waals surface area (Å²) in [5, 5.41) is 4.46. The van der Waals surface area contributed by atoms with Gasteiger partial charge >= 0.3 is 0 Å². The van der Waals surface area contributed by atoms with Crippen LogP contribution in [0.3, 0.4) is 0 Å². The van der Waals surface area contributed by atoms with Crippen molar-refractivity contribution >= 4 is 10.0 Å². The van der Waals surface area contributed by atoms with Crippen LogP contribution in [0, 0.1) is 0 Å². The number of nitrogens with two attached hydrogens (primary N) is 1. The van der Waals surface area contributed by atoms with E-state index in [0.29, 0.717) is 0 Å². The van der Waals surface area contributed by atoms with Gasteiger partial charge in [-0.05, 0) is 23.5 Å². The maximum absolute atomic E-state index is 11.2. The molecule has 1 atom stereocenters. The highest BCUT2D eigenvalue weighted by Crippen LogP contribution is 2.25. The number of hydrogen-bond donors (Lipinski definition) is 1. The van der Waals surface area contributed by atoms with E-state index in [1.165, 1.54) is 5.56 Å². The number of hydrogen-bond acceptors (Lipinski definition) is 2. The van der Waals surface area contributed by atoms with Crippen LogP contribution in [0.2, 0.25) is 0 Å². The Labute approximate surface area is 97.7 Å². The predicted molar refractivity (Wildman–Crippen MR) is 66.7 cm³/mol. The van der Waals surface area contributed by atoms with Crippen molar-refractivity contribution in [1.29, 1.82) is 0 Å². The zero-order valence-electron chi connectivity index (χ0n) is 10.2. The predicted octanol–water partition coefficient (Wildman–Crippen LogP) is 2.33. The molecule has 90 valence electrons. The van der Waals surface area contributed by atoms with E-state index >= 15 is 0 Å². The van der Waals surface area contributed by atoms with Crippen molar-refractivity contribution in [1.82, 2.24) is 0 Å². The van der Waals surface area contributed by atoms with Gasteiger partial charge in [-0.15, -0.1) is 0 Å². The molecule has 2 N–H and O–H groups in total. The molecule has 3 nitrogen and oxygen atoms in total. The molecule has 0 bridgehead atoms. The fourth-order valence-electron chi connectivity index (χ4n) is 1.44. The van der Waals surface area contributed by atoms with Crippen LogP contribution in [-0.2, 0) is 15.4 Å². The zero-order valence-corrected chi connectivity index (χ0v) is 11.0. The van der Waals surface area contributed by atoms with Gasteiger partial charge in [0.15, 0.2) is 0 Å². The Kier molecular flexibility index (Phi) is 3.45. The molecule has 1 aromatic carbocycles. The number of rotatable bonds is 2. The van der Waals surface area contributed by atoms with Crippen LogP contribution in [0.25, 0.3) is 0 Å². The lowest BCUT2D eigenvalue weighted by atomic mass is 9.86. The molecule has 0 spiro atoms. The van der Waals surface area contributed by atoms with Gasteiger partial charge < -0.3 is 0 Å². The van der Waals surface area contributed by atoms with Crippen LogP contribution in [0.4, 0.5) is 0 Å². The number of benzene rings is 1. The Balaban J connectivity index is 3.05. The van der Waals surface area contributed by atoms with Crippen LogP contribution in [0.5, 0.6) is 0 Å². The quantitative estimate of drug-likeness (QED) is 0.864. The van der Waals surface area contributed by atoms with Gasteiger partial charge in [0.25, 0.3) is 0 Å². The maximum Gasteiger partial charge on any atom is 0.215 e. The van der Waals surface area contributed by atoms with E-state index in [1.54, 1.807) is 6.92 Å². The molecular weight excluding hydrogens is 222 g/mol. The molecule has 0 aliphatic carbocycles. The summed E-state index contributed by atoms with van der Waals surface area (Å²) in [5.74, 6) is 0. The normalized spacial score (nSPS) is 14.8. The highest BCUT2D eigenvalue weighted by Gasteiger charge is 2.19. The Morgan fingerprint density at radius 2 is 1.56 bits per heavy atom. The van der Waals surface area contributed by atoms with Crippen molar-refractivity contribution in [3.63, 3.8) is 0 Å². The third-order valence-corrected chi connectivity index (χ3v) is 4.00. The average Bonchev–Trinajstić information content (AvgIpc) is 2.14. The smallest absolute Gasteiger partial charge is 0.215 e. The number of sulfonamides is 1. The topological polar surface area (TPSA) is 60.2 Å². The van der Waals surface area contributed by atoms with Crippen molar-refractivity contribution in [2.24, 2.45) is 5.14 Å². The molecule has 0 heterocycles. The van der Waals surface area contributed by atoms with E-state index < -0.39 is 15.3 Å². The van der Waals surface area contributed by atoms with Crippen molar-refractivity contribution in [3.05, 3.63) is 35.4 Å². The molecule has 16 heavy (non-hydrogen) atoms. The standard InChI is InChI=1S/C12H19NO2S/c1-9(16(13,14)15)10-5-7-11(8-6-10)12(2,3)4/h5-9H,1-4H3,(H2,13,14,15). The van der Waals surface area contributed by atoms with E-state index in [1.807, 2.05) is 24.3 Å². The van der Waals surface area contributed by atoms with Crippen LogP contribution < -0.4 is 5.14 Å². The monoisotopic (exact) mass is 241 g/mol. The minimum Gasteiger partial charge on any atom is -0.228 e. The maximum atomic E-state index is 11.2. The summed E-state index contributed by atoms with van der Waals surface area (Å²) >= 11 is 0. The Bertz CT molecular complexity index is 455. The van der Waals surface area contributed by atoms with Crippen LogP contribution in [0.15, 0.2) is 24.3 Å². The van der Waals surface area contributed by atoms with Gasteiger partial charge in [0, 0.05) is 0 Å². The first-order valence-corrected chi connectivity index (χ1v) is 6.85. The molecular formula is C12H19NO2S. The summed E-state index contributed by atoms with van der Waals surface area (Å²) in [4.78, 5) is 0. The minimum atomic E-state index is -3.50. The van der Waals surface area contributed by atoms with Crippen molar-refractivity contribution in [3.8, 4) is 0 Å². The van der Waals surface area contributed by atoms with Gasteiger partial charge in [-0.1, -0.05) is 45.0 Å². The summed E-state index contributed by atoms with van der Waals surface area (Å²) in [5.41, 5.74) is 1.98. The lowest BCUT2D eigenvalue weighted by Crippen LogP contribution is -2.19.